The monoisotopic (exact) mass is 414 g/mol. The van der Waals surface area contributed by atoms with E-state index in [4.69, 9.17) is 14.6 Å². The highest BCUT2D eigenvalue weighted by Gasteiger charge is 2.40. The van der Waals surface area contributed by atoms with Crippen LogP contribution in [0.2, 0.25) is 0 Å². The van der Waals surface area contributed by atoms with E-state index in [1.165, 1.54) is 70.6 Å². The number of hydrogen-bond acceptors (Lipinski definition) is 5. The van der Waals surface area contributed by atoms with Gasteiger partial charge in [-0.1, -0.05) is 76.9 Å². The Morgan fingerprint density at radius 1 is 0.897 bits per heavy atom. The van der Waals surface area contributed by atoms with Crippen LogP contribution in [-0.4, -0.2) is 59.6 Å². The smallest absolute Gasteiger partial charge is 0.114 e. The van der Waals surface area contributed by atoms with Gasteiger partial charge in [0.1, 0.15) is 24.4 Å². The summed E-state index contributed by atoms with van der Waals surface area (Å²) < 4.78 is 11.0. The first kappa shape index (κ1) is 26.6. The Labute approximate surface area is 178 Å². The van der Waals surface area contributed by atoms with Crippen molar-refractivity contribution in [1.29, 1.82) is 0 Å². The molecule has 1 aliphatic heterocycles. The van der Waals surface area contributed by atoms with Crippen molar-refractivity contribution in [3.63, 3.8) is 0 Å². The summed E-state index contributed by atoms with van der Waals surface area (Å²) in [6, 6.07) is 0. The fourth-order valence-electron chi connectivity index (χ4n) is 3.79. The van der Waals surface area contributed by atoms with Crippen LogP contribution in [0.4, 0.5) is 0 Å². The van der Waals surface area contributed by atoms with Crippen LogP contribution in [0, 0.1) is 0 Å². The van der Waals surface area contributed by atoms with Crippen LogP contribution in [0.1, 0.15) is 96.8 Å². The molecule has 0 amide bonds. The fourth-order valence-corrected chi connectivity index (χ4v) is 3.79. The maximum atomic E-state index is 10.1. The lowest BCUT2D eigenvalue weighted by Gasteiger charge is -2.20. The lowest BCUT2D eigenvalue weighted by Crippen LogP contribution is -2.41. The molecule has 4 atom stereocenters. The van der Waals surface area contributed by atoms with Crippen LogP contribution in [0.5, 0.6) is 0 Å². The molecule has 172 valence electrons. The third kappa shape index (κ3) is 12.7. The van der Waals surface area contributed by atoms with Gasteiger partial charge < -0.3 is 24.8 Å². The zero-order valence-corrected chi connectivity index (χ0v) is 18.6. The van der Waals surface area contributed by atoms with Crippen molar-refractivity contribution in [2.45, 2.75) is 121 Å². The second-order valence-electron chi connectivity index (χ2n) is 8.39. The van der Waals surface area contributed by atoms with Gasteiger partial charge in [-0.05, 0) is 32.1 Å². The Morgan fingerprint density at radius 3 is 2.03 bits per heavy atom. The predicted molar refractivity (Wildman–Crippen MR) is 118 cm³/mol. The molecule has 1 rings (SSSR count). The normalized spacial score (nSPS) is 23.2. The molecule has 5 heteroatoms. The first-order chi connectivity index (χ1) is 14.2. The van der Waals surface area contributed by atoms with E-state index < -0.39 is 31.0 Å². The molecular weight excluding hydrogens is 368 g/mol. The molecule has 29 heavy (non-hydrogen) atoms. The number of ether oxygens (including phenoxy) is 2. The van der Waals surface area contributed by atoms with Crippen molar-refractivity contribution >= 4 is 0 Å². The molecule has 5 nitrogen and oxygen atoms in total. The molecule has 0 aromatic heterocycles. The second kappa shape index (κ2) is 18.3. The molecule has 3 N–H and O–H groups in total. The van der Waals surface area contributed by atoms with E-state index in [-0.39, 0.29) is 6.61 Å². The van der Waals surface area contributed by atoms with Crippen LogP contribution in [0.25, 0.3) is 0 Å². The number of aliphatic hydroxyl groups is 3. The van der Waals surface area contributed by atoms with Crippen molar-refractivity contribution in [2.75, 3.05) is 19.8 Å². The lowest BCUT2D eigenvalue weighted by atomic mass is 10.1. The van der Waals surface area contributed by atoms with Gasteiger partial charge in [0.15, 0.2) is 0 Å². The van der Waals surface area contributed by atoms with E-state index in [0.29, 0.717) is 6.61 Å². The summed E-state index contributed by atoms with van der Waals surface area (Å²) in [5.41, 5.74) is 0. The maximum Gasteiger partial charge on any atom is 0.114 e. The molecule has 1 fully saturated rings. The quantitative estimate of drug-likeness (QED) is 0.214. The minimum atomic E-state index is -1.05. The standard InChI is InChI=1S/C24H46O5/c1-2-3-4-5-6-7-8-9-10-11-12-13-14-15-16-17-18-28-22-20-29-24(23(22)27)21(26)19-25/h11-12,21-27H,2-10,13-20H2,1H3/b12-11+/t21-,22+,23-,24-/m1/s1. The van der Waals surface area contributed by atoms with Crippen molar-refractivity contribution in [3.8, 4) is 0 Å². The molecule has 0 bridgehead atoms. The van der Waals surface area contributed by atoms with Gasteiger partial charge in [-0.2, -0.15) is 0 Å². The van der Waals surface area contributed by atoms with E-state index in [9.17, 15) is 10.2 Å². The second-order valence-corrected chi connectivity index (χ2v) is 8.39. The van der Waals surface area contributed by atoms with Crippen molar-refractivity contribution < 1.29 is 24.8 Å². The number of unbranched alkanes of at least 4 members (excludes halogenated alkanes) is 12. The Kier molecular flexibility index (Phi) is 16.8. The zero-order valence-electron chi connectivity index (χ0n) is 18.6. The maximum absolute atomic E-state index is 10.1. The molecule has 0 spiro atoms. The van der Waals surface area contributed by atoms with Gasteiger partial charge in [-0.3, -0.25) is 0 Å². The van der Waals surface area contributed by atoms with Crippen molar-refractivity contribution in [2.24, 2.45) is 0 Å². The Morgan fingerprint density at radius 2 is 1.45 bits per heavy atom. The minimum Gasteiger partial charge on any atom is -0.394 e. The molecule has 0 aliphatic carbocycles. The van der Waals surface area contributed by atoms with Crippen molar-refractivity contribution in [3.05, 3.63) is 12.2 Å². The van der Waals surface area contributed by atoms with Gasteiger partial charge in [-0.25, -0.2) is 0 Å². The highest BCUT2D eigenvalue weighted by atomic mass is 16.6. The summed E-state index contributed by atoms with van der Waals surface area (Å²) in [5.74, 6) is 0. The van der Waals surface area contributed by atoms with E-state index >= 15 is 0 Å². The minimum absolute atomic E-state index is 0.270. The van der Waals surface area contributed by atoms with Crippen LogP contribution in [-0.2, 0) is 9.47 Å². The Hall–Kier alpha value is -0.460. The van der Waals surface area contributed by atoms with E-state index in [1.54, 1.807) is 0 Å². The molecular formula is C24H46O5. The summed E-state index contributed by atoms with van der Waals surface area (Å²) in [6.45, 7) is 2.72. The molecule has 0 aromatic rings. The largest absolute Gasteiger partial charge is 0.394 e. The highest BCUT2D eigenvalue weighted by molar-refractivity contribution is 4.88. The third-order valence-corrected chi connectivity index (χ3v) is 5.72. The van der Waals surface area contributed by atoms with Crippen LogP contribution < -0.4 is 0 Å². The SMILES string of the molecule is CCCCCCCCCC/C=C/CCCCCCO[C@H]1CO[C@H]([C@H](O)CO)[C@@H]1O. The summed E-state index contributed by atoms with van der Waals surface area (Å²) >= 11 is 0. The number of allylic oxidation sites excluding steroid dienone is 2. The van der Waals surface area contributed by atoms with Gasteiger partial charge in [0.05, 0.1) is 13.2 Å². The third-order valence-electron chi connectivity index (χ3n) is 5.72. The van der Waals surface area contributed by atoms with E-state index in [1.807, 2.05) is 0 Å². The lowest BCUT2D eigenvalue weighted by molar-refractivity contribution is -0.0730. The fraction of sp³-hybridized carbons (Fsp3) is 0.917. The van der Waals surface area contributed by atoms with Gasteiger partial charge in [0.2, 0.25) is 0 Å². The van der Waals surface area contributed by atoms with Crippen LogP contribution >= 0.6 is 0 Å². The number of rotatable bonds is 19. The van der Waals surface area contributed by atoms with Crippen LogP contribution in [0.3, 0.4) is 0 Å². The average Bonchev–Trinajstić information content (AvgIpc) is 3.10. The summed E-state index contributed by atoms with van der Waals surface area (Å²) in [4.78, 5) is 0. The first-order valence-corrected chi connectivity index (χ1v) is 12.1. The molecule has 1 aliphatic rings. The van der Waals surface area contributed by atoms with Crippen molar-refractivity contribution in [1.82, 2.24) is 0 Å². The van der Waals surface area contributed by atoms with E-state index in [0.717, 1.165) is 19.3 Å². The van der Waals surface area contributed by atoms with Gasteiger partial charge in [0, 0.05) is 6.61 Å². The van der Waals surface area contributed by atoms with E-state index in [2.05, 4.69) is 19.1 Å². The zero-order chi connectivity index (χ0) is 21.2. The number of hydrogen-bond donors (Lipinski definition) is 3. The van der Waals surface area contributed by atoms with Gasteiger partial charge in [-0.15, -0.1) is 0 Å². The molecule has 1 heterocycles. The molecule has 1 saturated heterocycles. The Bertz CT molecular complexity index is 387. The summed E-state index contributed by atoms with van der Waals surface area (Å²) in [6.07, 6.45) is 19.5. The molecule has 0 unspecified atom stereocenters. The predicted octanol–water partition coefficient (Wildman–Crippen LogP) is 4.52. The number of aliphatic hydroxyl groups excluding tert-OH is 3. The average molecular weight is 415 g/mol. The molecule has 0 aromatic carbocycles. The highest BCUT2D eigenvalue weighted by Crippen LogP contribution is 2.20. The first-order valence-electron chi connectivity index (χ1n) is 12.1. The molecule has 0 saturated carbocycles. The van der Waals surface area contributed by atoms with Gasteiger partial charge >= 0.3 is 0 Å². The Balaban J connectivity index is 1.84. The summed E-state index contributed by atoms with van der Waals surface area (Å²) in [5, 5.41) is 28.6. The summed E-state index contributed by atoms with van der Waals surface area (Å²) in [7, 11) is 0. The van der Waals surface area contributed by atoms with Gasteiger partial charge in [0.25, 0.3) is 0 Å². The van der Waals surface area contributed by atoms with Crippen LogP contribution in [0.15, 0.2) is 12.2 Å². The molecule has 0 radical (unpaired) electrons. The topological polar surface area (TPSA) is 79.2 Å².